The molecule has 0 heterocycles. The highest BCUT2D eigenvalue weighted by atomic mass is 19.4. The summed E-state index contributed by atoms with van der Waals surface area (Å²) in [5.74, 6) is -1.68. The normalized spacial score (nSPS) is 14.5. The van der Waals surface area contributed by atoms with Crippen molar-refractivity contribution in [3.8, 4) is 0 Å². The summed E-state index contributed by atoms with van der Waals surface area (Å²) in [7, 11) is 0. The second-order valence-corrected chi connectivity index (χ2v) is 7.17. The molecule has 0 aliphatic heterocycles. The van der Waals surface area contributed by atoms with Gasteiger partial charge in [-0.25, -0.2) is 0 Å². The van der Waals surface area contributed by atoms with Crippen LogP contribution in [0.25, 0.3) is 0 Å². The Kier molecular flexibility index (Phi) is 8.30. The zero-order valence-corrected chi connectivity index (χ0v) is 16.5. The van der Waals surface area contributed by atoms with Crippen LogP contribution in [-0.2, 0) is 21.9 Å². The molecule has 1 rings (SSSR count). The SMILES string of the molecule is CC(C)N(C(=O)CCCC(=O)O)[C@@H](C)[C@H](O)c1cc(C(F)(F)F)cc(C(F)(F)F)c1. The molecule has 30 heavy (non-hydrogen) atoms. The van der Waals surface area contributed by atoms with E-state index in [4.69, 9.17) is 5.11 Å². The quantitative estimate of drug-likeness (QED) is 0.574. The van der Waals surface area contributed by atoms with Gasteiger partial charge in [-0.1, -0.05) is 0 Å². The summed E-state index contributed by atoms with van der Waals surface area (Å²) in [6.07, 6.45) is -12.4. The Balaban J connectivity index is 3.26. The third-order valence-electron chi connectivity index (χ3n) is 4.47. The van der Waals surface area contributed by atoms with E-state index in [-0.39, 0.29) is 25.3 Å². The van der Waals surface area contributed by atoms with E-state index in [1.807, 2.05) is 0 Å². The molecule has 11 heteroatoms. The van der Waals surface area contributed by atoms with Crippen molar-refractivity contribution >= 4 is 11.9 Å². The molecule has 2 N–H and O–H groups in total. The smallest absolute Gasteiger partial charge is 0.416 e. The Morgan fingerprint density at radius 2 is 1.40 bits per heavy atom. The molecule has 1 amide bonds. The van der Waals surface area contributed by atoms with Crippen LogP contribution in [0.5, 0.6) is 0 Å². The molecule has 0 spiro atoms. The number of carboxylic acid groups (broad SMARTS) is 1. The van der Waals surface area contributed by atoms with Crippen LogP contribution in [0.3, 0.4) is 0 Å². The lowest BCUT2D eigenvalue weighted by molar-refractivity contribution is -0.144. The predicted octanol–water partition coefficient (Wildman–Crippen LogP) is 4.64. The molecule has 0 fully saturated rings. The van der Waals surface area contributed by atoms with Crippen LogP contribution in [-0.4, -0.2) is 39.1 Å². The highest BCUT2D eigenvalue weighted by molar-refractivity contribution is 5.77. The van der Waals surface area contributed by atoms with Crippen molar-refractivity contribution in [2.75, 3.05) is 0 Å². The van der Waals surface area contributed by atoms with Gasteiger partial charge in [-0.05, 0) is 51.0 Å². The average molecular weight is 443 g/mol. The van der Waals surface area contributed by atoms with Gasteiger partial charge < -0.3 is 15.1 Å². The van der Waals surface area contributed by atoms with Crippen LogP contribution >= 0.6 is 0 Å². The number of carboxylic acids is 1. The third kappa shape index (κ3) is 6.89. The summed E-state index contributed by atoms with van der Waals surface area (Å²) in [5, 5.41) is 19.2. The van der Waals surface area contributed by atoms with E-state index in [0.717, 1.165) is 4.90 Å². The fourth-order valence-corrected chi connectivity index (χ4v) is 3.09. The number of carbonyl (C=O) groups excluding carboxylic acids is 1. The molecule has 0 saturated heterocycles. The Morgan fingerprint density at radius 3 is 1.77 bits per heavy atom. The molecule has 0 aromatic heterocycles. The van der Waals surface area contributed by atoms with Crippen LogP contribution in [0.1, 0.15) is 62.8 Å². The number of aliphatic hydroxyl groups is 1. The number of aliphatic carboxylic acids is 1. The van der Waals surface area contributed by atoms with Crippen molar-refractivity contribution in [1.29, 1.82) is 0 Å². The van der Waals surface area contributed by atoms with E-state index in [0.29, 0.717) is 12.1 Å². The van der Waals surface area contributed by atoms with Crippen molar-refractivity contribution in [2.24, 2.45) is 0 Å². The van der Waals surface area contributed by atoms with Gasteiger partial charge in [-0.15, -0.1) is 0 Å². The average Bonchev–Trinajstić information content (AvgIpc) is 2.58. The Hall–Kier alpha value is -2.30. The third-order valence-corrected chi connectivity index (χ3v) is 4.47. The zero-order chi connectivity index (χ0) is 23.4. The number of aliphatic hydroxyl groups excluding tert-OH is 1. The van der Waals surface area contributed by atoms with Crippen molar-refractivity contribution < 1.29 is 46.1 Å². The maximum atomic E-state index is 13.1. The van der Waals surface area contributed by atoms with Crippen molar-refractivity contribution in [3.05, 3.63) is 34.9 Å². The molecule has 1 aromatic carbocycles. The van der Waals surface area contributed by atoms with Crippen LogP contribution in [0.2, 0.25) is 0 Å². The van der Waals surface area contributed by atoms with E-state index < -0.39 is 59.1 Å². The Labute approximate surface area is 169 Å². The van der Waals surface area contributed by atoms with Gasteiger partial charge in [0.2, 0.25) is 5.91 Å². The first-order chi connectivity index (χ1) is 13.6. The molecular weight excluding hydrogens is 420 g/mol. The van der Waals surface area contributed by atoms with E-state index in [1.165, 1.54) is 6.92 Å². The van der Waals surface area contributed by atoms with Crippen molar-refractivity contribution in [2.45, 2.75) is 70.6 Å². The van der Waals surface area contributed by atoms with Gasteiger partial charge >= 0.3 is 18.3 Å². The van der Waals surface area contributed by atoms with Crippen LogP contribution in [0, 0.1) is 0 Å². The number of carbonyl (C=O) groups is 2. The number of benzene rings is 1. The fourth-order valence-electron chi connectivity index (χ4n) is 3.09. The fraction of sp³-hybridized carbons (Fsp3) is 0.579. The lowest BCUT2D eigenvalue weighted by Crippen LogP contribution is -2.46. The molecule has 1 aromatic rings. The minimum atomic E-state index is -5.07. The molecule has 0 aliphatic rings. The van der Waals surface area contributed by atoms with Gasteiger partial charge in [0, 0.05) is 18.9 Å². The van der Waals surface area contributed by atoms with Crippen LogP contribution < -0.4 is 0 Å². The minimum absolute atomic E-state index is 0.00197. The second kappa shape index (κ2) is 9.67. The topological polar surface area (TPSA) is 77.8 Å². The number of hydrogen-bond acceptors (Lipinski definition) is 3. The van der Waals surface area contributed by atoms with E-state index in [2.05, 4.69) is 0 Å². The molecule has 2 atom stereocenters. The first kappa shape index (κ1) is 25.7. The standard InChI is InChI=1S/C19H23F6NO4/c1-10(2)26(15(27)5-4-6-16(28)29)11(3)17(30)12-7-13(18(20,21)22)9-14(8-12)19(23,24)25/h7-11,17,30H,4-6H2,1-3H3,(H,28,29)/t11-,17-/m0/s1. The van der Waals surface area contributed by atoms with Gasteiger partial charge in [0.25, 0.3) is 0 Å². The number of nitrogens with zero attached hydrogens (tertiary/aromatic N) is 1. The lowest BCUT2D eigenvalue weighted by atomic mass is 9.96. The maximum absolute atomic E-state index is 13.1. The molecule has 5 nitrogen and oxygen atoms in total. The van der Waals surface area contributed by atoms with Crippen molar-refractivity contribution in [1.82, 2.24) is 4.90 Å². The van der Waals surface area contributed by atoms with E-state index in [9.17, 15) is 41.0 Å². The number of halogens is 6. The highest BCUT2D eigenvalue weighted by Gasteiger charge is 2.38. The molecule has 0 bridgehead atoms. The Bertz CT molecular complexity index is 728. The lowest BCUT2D eigenvalue weighted by Gasteiger charge is -2.36. The molecule has 170 valence electrons. The first-order valence-corrected chi connectivity index (χ1v) is 9.06. The monoisotopic (exact) mass is 443 g/mol. The number of rotatable bonds is 8. The number of amides is 1. The number of hydrogen-bond donors (Lipinski definition) is 2. The van der Waals surface area contributed by atoms with Gasteiger partial charge in [0.15, 0.2) is 0 Å². The van der Waals surface area contributed by atoms with Gasteiger partial charge in [0.1, 0.15) is 0 Å². The highest BCUT2D eigenvalue weighted by Crippen LogP contribution is 2.38. The second-order valence-electron chi connectivity index (χ2n) is 7.17. The summed E-state index contributed by atoms with van der Waals surface area (Å²) in [6, 6.07) is -0.905. The predicted molar refractivity (Wildman–Crippen MR) is 94.3 cm³/mol. The summed E-state index contributed by atoms with van der Waals surface area (Å²) < 4.78 is 78.4. The van der Waals surface area contributed by atoms with Gasteiger partial charge in [-0.3, -0.25) is 9.59 Å². The van der Waals surface area contributed by atoms with Gasteiger partial charge in [0.05, 0.1) is 23.3 Å². The number of alkyl halides is 6. The molecule has 0 unspecified atom stereocenters. The maximum Gasteiger partial charge on any atom is 0.416 e. The van der Waals surface area contributed by atoms with Gasteiger partial charge in [-0.2, -0.15) is 26.3 Å². The molecule has 0 radical (unpaired) electrons. The zero-order valence-electron chi connectivity index (χ0n) is 16.5. The van der Waals surface area contributed by atoms with E-state index in [1.54, 1.807) is 13.8 Å². The Morgan fingerprint density at radius 1 is 0.933 bits per heavy atom. The van der Waals surface area contributed by atoms with E-state index >= 15 is 0 Å². The van der Waals surface area contributed by atoms with Crippen LogP contribution in [0.15, 0.2) is 18.2 Å². The summed E-state index contributed by atoms with van der Waals surface area (Å²) in [6.45, 7) is 4.42. The molecular formula is C19H23F6NO4. The largest absolute Gasteiger partial charge is 0.481 e. The summed E-state index contributed by atoms with van der Waals surface area (Å²) >= 11 is 0. The minimum Gasteiger partial charge on any atom is -0.481 e. The summed E-state index contributed by atoms with van der Waals surface area (Å²) in [5.41, 5.74) is -3.77. The van der Waals surface area contributed by atoms with Crippen LogP contribution in [0.4, 0.5) is 26.3 Å². The van der Waals surface area contributed by atoms with Crippen molar-refractivity contribution in [3.63, 3.8) is 0 Å². The first-order valence-electron chi connectivity index (χ1n) is 9.06. The summed E-state index contributed by atoms with van der Waals surface area (Å²) in [4.78, 5) is 24.2. The molecule has 0 saturated carbocycles. The molecule has 0 aliphatic carbocycles.